The molecule has 0 unspecified atom stereocenters. The van der Waals surface area contributed by atoms with Crippen LogP contribution in [0.5, 0.6) is 5.75 Å². The van der Waals surface area contributed by atoms with Gasteiger partial charge in [0.1, 0.15) is 5.75 Å². The summed E-state index contributed by atoms with van der Waals surface area (Å²) in [5.74, 6) is 0.269. The highest BCUT2D eigenvalue weighted by Gasteiger charge is 2.35. The summed E-state index contributed by atoms with van der Waals surface area (Å²) < 4.78 is 41.1. The van der Waals surface area contributed by atoms with Crippen LogP contribution in [0.4, 0.5) is 0 Å². The summed E-state index contributed by atoms with van der Waals surface area (Å²) in [6, 6.07) is 11.3. The Kier molecular flexibility index (Phi) is 7.82. The molecule has 3 aromatic rings. The van der Waals surface area contributed by atoms with Crippen molar-refractivity contribution in [3.63, 3.8) is 0 Å². The number of aromatic nitrogens is 1. The maximum absolute atomic E-state index is 13.8. The van der Waals surface area contributed by atoms with Gasteiger partial charge in [-0.2, -0.15) is 12.7 Å². The molecule has 2 aromatic carbocycles. The Balaban J connectivity index is 1.55. The number of hydrogen-bond acceptors (Lipinski definition) is 6. The molecular formula is C32H38N4O6S. The summed E-state index contributed by atoms with van der Waals surface area (Å²) in [5, 5.41) is 1.02. The largest absolute Gasteiger partial charge is 0.497 e. The molecule has 43 heavy (non-hydrogen) atoms. The number of carbonyl (C=O) groups is 2. The van der Waals surface area contributed by atoms with Gasteiger partial charge in [0.2, 0.25) is 0 Å². The van der Waals surface area contributed by atoms with Crippen LogP contribution in [0.25, 0.3) is 28.2 Å². The quantitative estimate of drug-likeness (QED) is 0.433. The van der Waals surface area contributed by atoms with E-state index in [0.717, 1.165) is 57.7 Å². The lowest BCUT2D eigenvalue weighted by molar-refractivity contribution is -0.138. The van der Waals surface area contributed by atoms with Gasteiger partial charge in [0.15, 0.2) is 0 Å². The van der Waals surface area contributed by atoms with E-state index in [1.54, 1.807) is 31.3 Å². The van der Waals surface area contributed by atoms with Crippen LogP contribution in [0.15, 0.2) is 42.0 Å². The highest BCUT2D eigenvalue weighted by atomic mass is 32.2. The number of amides is 2. The topological polar surface area (TPSA) is 110 Å². The van der Waals surface area contributed by atoms with Crippen molar-refractivity contribution in [1.29, 1.82) is 0 Å². The monoisotopic (exact) mass is 606 g/mol. The molecule has 1 aromatic heterocycles. The second-order valence-corrected chi connectivity index (χ2v) is 13.7. The van der Waals surface area contributed by atoms with Crippen molar-refractivity contribution >= 4 is 39.0 Å². The zero-order valence-electron chi connectivity index (χ0n) is 25.1. The minimum Gasteiger partial charge on any atom is -0.497 e. The van der Waals surface area contributed by atoms with E-state index in [4.69, 9.17) is 9.47 Å². The van der Waals surface area contributed by atoms with Crippen molar-refractivity contribution in [3.05, 3.63) is 58.7 Å². The predicted molar refractivity (Wildman–Crippen MR) is 165 cm³/mol. The number of nitrogens with zero attached hydrogens (tertiary/aromatic N) is 3. The molecule has 3 aliphatic rings. The van der Waals surface area contributed by atoms with Crippen LogP contribution in [-0.2, 0) is 26.3 Å². The first-order chi connectivity index (χ1) is 20.6. The maximum atomic E-state index is 13.8. The molecule has 10 nitrogen and oxygen atoms in total. The molecule has 0 bridgehead atoms. The molecule has 1 saturated heterocycles. The van der Waals surface area contributed by atoms with Crippen LogP contribution in [0, 0.1) is 0 Å². The van der Waals surface area contributed by atoms with Crippen LogP contribution in [0.2, 0.25) is 0 Å². The molecule has 2 aliphatic heterocycles. The van der Waals surface area contributed by atoms with Crippen molar-refractivity contribution in [1.82, 2.24) is 18.5 Å². The summed E-state index contributed by atoms with van der Waals surface area (Å²) in [6.45, 7) is 1.38. The molecule has 3 heterocycles. The van der Waals surface area contributed by atoms with Crippen molar-refractivity contribution in [2.75, 3.05) is 41.4 Å². The minimum absolute atomic E-state index is 0.0306. The summed E-state index contributed by atoms with van der Waals surface area (Å²) in [7, 11) is 2.05. The van der Waals surface area contributed by atoms with Crippen LogP contribution >= 0.6 is 0 Å². The van der Waals surface area contributed by atoms with Gasteiger partial charge in [0.25, 0.3) is 11.8 Å². The molecule has 1 aliphatic carbocycles. The molecular weight excluding hydrogens is 568 g/mol. The smallest absolute Gasteiger partial charge is 0.303 e. The van der Waals surface area contributed by atoms with E-state index in [2.05, 4.69) is 15.4 Å². The SMILES string of the molecule is COc1ccc2c(c1)C=C(C(=O)N1CC(OC)C1)Cn1c-2c(C2CCCCC2)c2ccc(C(=O)NS(=O)(=O)N(C)C)cc21. The zero-order valence-corrected chi connectivity index (χ0v) is 25.9. The Bertz CT molecular complexity index is 1730. The van der Waals surface area contributed by atoms with Gasteiger partial charge in [-0.05, 0) is 66.3 Å². The predicted octanol–water partition coefficient (Wildman–Crippen LogP) is 4.16. The Labute approximate surface area is 252 Å². The average Bonchev–Trinajstić information content (AvgIpc) is 3.18. The molecule has 2 amide bonds. The zero-order chi connectivity index (χ0) is 30.5. The van der Waals surface area contributed by atoms with E-state index in [1.807, 2.05) is 24.3 Å². The number of benzene rings is 2. The van der Waals surface area contributed by atoms with E-state index in [0.29, 0.717) is 36.9 Å². The molecule has 0 radical (unpaired) electrons. The third-order valence-electron chi connectivity index (χ3n) is 9.00. The van der Waals surface area contributed by atoms with E-state index < -0.39 is 16.1 Å². The number of carbonyl (C=O) groups excluding carboxylic acids is 2. The number of fused-ring (bicyclic) bond motifs is 5. The summed E-state index contributed by atoms with van der Waals surface area (Å²) >= 11 is 0. The first-order valence-corrected chi connectivity index (χ1v) is 16.2. The molecule has 1 saturated carbocycles. The van der Waals surface area contributed by atoms with Gasteiger partial charge in [-0.3, -0.25) is 9.59 Å². The molecule has 11 heteroatoms. The highest BCUT2D eigenvalue weighted by Crippen LogP contribution is 2.47. The molecule has 0 spiro atoms. The van der Waals surface area contributed by atoms with E-state index in [-0.39, 0.29) is 17.6 Å². The molecule has 228 valence electrons. The van der Waals surface area contributed by atoms with Gasteiger partial charge in [0, 0.05) is 61.9 Å². The van der Waals surface area contributed by atoms with Crippen molar-refractivity contribution in [2.24, 2.45) is 0 Å². The van der Waals surface area contributed by atoms with Gasteiger partial charge in [-0.15, -0.1) is 0 Å². The molecule has 1 N–H and O–H groups in total. The fourth-order valence-electron chi connectivity index (χ4n) is 6.54. The number of nitrogens with one attached hydrogen (secondary N) is 1. The van der Waals surface area contributed by atoms with Gasteiger partial charge in [-0.25, -0.2) is 4.72 Å². The van der Waals surface area contributed by atoms with Crippen molar-refractivity contribution in [2.45, 2.75) is 50.7 Å². The van der Waals surface area contributed by atoms with Crippen molar-refractivity contribution < 1.29 is 27.5 Å². The van der Waals surface area contributed by atoms with Crippen LogP contribution in [0.3, 0.4) is 0 Å². The summed E-state index contributed by atoms with van der Waals surface area (Å²) in [6.07, 6.45) is 7.62. The third kappa shape index (κ3) is 5.34. The minimum atomic E-state index is -3.97. The molecule has 0 atom stereocenters. The highest BCUT2D eigenvalue weighted by molar-refractivity contribution is 7.87. The summed E-state index contributed by atoms with van der Waals surface area (Å²) in [5.41, 5.74) is 5.82. The number of ether oxygens (including phenoxy) is 2. The second-order valence-electron chi connectivity index (χ2n) is 11.8. The first-order valence-electron chi connectivity index (χ1n) is 14.7. The lowest BCUT2D eigenvalue weighted by atomic mass is 9.81. The van der Waals surface area contributed by atoms with Gasteiger partial charge >= 0.3 is 10.2 Å². The number of hydrogen-bond donors (Lipinski definition) is 1. The molecule has 6 rings (SSSR count). The standard InChI is InChI=1S/C32H38N4O6S/c1-34(2)43(39,40)33-31(37)21-10-12-27-28(16-21)36-17-23(32(38)35-18-25(19-35)42-4)14-22-15-24(41-3)11-13-26(22)30(36)29(27)20-8-6-5-7-9-20/h10-16,20,25H,5-9,17-19H2,1-4H3,(H,33,37). The Morgan fingerprint density at radius 1 is 1.00 bits per heavy atom. The first kappa shape index (κ1) is 29.4. The maximum Gasteiger partial charge on any atom is 0.303 e. The van der Waals surface area contributed by atoms with Gasteiger partial charge < -0.3 is 18.9 Å². The fraction of sp³-hybridized carbons (Fsp3) is 0.438. The third-order valence-corrected chi connectivity index (χ3v) is 10.4. The van der Waals surface area contributed by atoms with E-state index in [1.165, 1.54) is 26.1 Å². The second kappa shape index (κ2) is 11.4. The van der Waals surface area contributed by atoms with E-state index >= 15 is 0 Å². The van der Waals surface area contributed by atoms with Gasteiger partial charge in [-0.1, -0.05) is 25.3 Å². The van der Waals surface area contributed by atoms with Crippen LogP contribution in [0.1, 0.15) is 59.5 Å². The van der Waals surface area contributed by atoms with Gasteiger partial charge in [0.05, 0.1) is 25.5 Å². The Morgan fingerprint density at radius 3 is 2.42 bits per heavy atom. The lowest BCUT2D eigenvalue weighted by Gasteiger charge is -2.38. The normalized spacial score (nSPS) is 17.6. The lowest BCUT2D eigenvalue weighted by Crippen LogP contribution is -2.54. The Hall–Kier alpha value is -3.67. The Morgan fingerprint density at radius 2 is 1.74 bits per heavy atom. The number of rotatable bonds is 7. The van der Waals surface area contributed by atoms with Crippen LogP contribution in [-0.4, -0.2) is 81.5 Å². The van der Waals surface area contributed by atoms with Crippen LogP contribution < -0.4 is 9.46 Å². The summed E-state index contributed by atoms with van der Waals surface area (Å²) in [4.78, 5) is 28.8. The molecule has 2 fully saturated rings. The fourth-order valence-corrected chi connectivity index (χ4v) is 7.07. The van der Waals surface area contributed by atoms with Crippen molar-refractivity contribution in [3.8, 4) is 17.0 Å². The van der Waals surface area contributed by atoms with E-state index in [9.17, 15) is 18.0 Å². The number of methoxy groups -OCH3 is 2. The number of likely N-dealkylation sites (tertiary alicyclic amines) is 1. The average molecular weight is 607 g/mol.